The Bertz CT molecular complexity index is 955. The SMILES string of the molecule is CCC1=C(C(=O)OC)C(c2cccc(F)c2)N2C(CC(=O)NCCC(C)C)=CSC2=N1. The minimum absolute atomic E-state index is 0.100. The largest absolute Gasteiger partial charge is 0.466 e. The second kappa shape index (κ2) is 10.1. The number of allylic oxidation sites excluding steroid dienone is 1. The molecule has 0 radical (unpaired) electrons. The van der Waals surface area contributed by atoms with E-state index >= 15 is 0 Å². The lowest BCUT2D eigenvalue weighted by molar-refractivity contribution is -0.136. The second-order valence-corrected chi connectivity index (χ2v) is 8.70. The first-order valence-corrected chi connectivity index (χ1v) is 11.3. The van der Waals surface area contributed by atoms with E-state index in [-0.39, 0.29) is 12.3 Å². The number of fused-ring (bicyclic) bond motifs is 1. The molecule has 166 valence electrons. The predicted octanol–water partition coefficient (Wildman–Crippen LogP) is 4.52. The van der Waals surface area contributed by atoms with E-state index in [9.17, 15) is 14.0 Å². The molecule has 1 amide bonds. The molecule has 6 nitrogen and oxygen atoms in total. The zero-order valence-corrected chi connectivity index (χ0v) is 19.1. The molecule has 1 unspecified atom stereocenters. The van der Waals surface area contributed by atoms with Crippen LogP contribution in [0.25, 0.3) is 0 Å². The highest BCUT2D eigenvalue weighted by Crippen LogP contribution is 2.45. The smallest absolute Gasteiger partial charge is 0.338 e. The molecule has 1 N–H and O–H groups in total. The summed E-state index contributed by atoms with van der Waals surface area (Å²) in [7, 11) is 1.32. The number of methoxy groups -OCH3 is 1. The van der Waals surface area contributed by atoms with Crippen molar-refractivity contribution < 1.29 is 18.7 Å². The number of nitrogens with zero attached hydrogens (tertiary/aromatic N) is 2. The number of ether oxygens (including phenoxy) is 1. The summed E-state index contributed by atoms with van der Waals surface area (Å²) in [5.74, 6) is -0.504. The molecular formula is C23H28FN3O3S. The van der Waals surface area contributed by atoms with E-state index in [1.165, 1.54) is 31.0 Å². The Morgan fingerprint density at radius 2 is 2.13 bits per heavy atom. The quantitative estimate of drug-likeness (QED) is 0.596. The van der Waals surface area contributed by atoms with Crippen LogP contribution >= 0.6 is 11.8 Å². The standard InChI is InChI=1S/C23H28FN3O3S/c1-5-18-20(22(29)30-4)21(15-7-6-8-16(24)11-15)27-17(13-31-23(27)26-18)12-19(28)25-10-9-14(2)3/h6-8,11,13-14,21H,5,9-10,12H2,1-4H3,(H,25,28). The molecule has 8 heteroatoms. The maximum atomic E-state index is 14.1. The molecule has 0 saturated carbocycles. The maximum absolute atomic E-state index is 14.1. The van der Waals surface area contributed by atoms with Crippen molar-refractivity contribution in [3.05, 3.63) is 58.0 Å². The number of hydrogen-bond acceptors (Lipinski definition) is 6. The number of esters is 1. The summed E-state index contributed by atoms with van der Waals surface area (Å²) in [5, 5.41) is 5.49. The number of carbonyl (C=O) groups is 2. The molecule has 1 aromatic carbocycles. The number of amidine groups is 1. The molecule has 2 aliphatic heterocycles. The lowest BCUT2D eigenvalue weighted by Crippen LogP contribution is -2.38. The minimum Gasteiger partial charge on any atom is -0.466 e. The van der Waals surface area contributed by atoms with Crippen molar-refractivity contribution >= 4 is 28.8 Å². The van der Waals surface area contributed by atoms with Crippen LogP contribution in [0.4, 0.5) is 4.39 Å². The summed E-state index contributed by atoms with van der Waals surface area (Å²) in [4.78, 5) is 31.8. The van der Waals surface area contributed by atoms with Gasteiger partial charge in [-0.3, -0.25) is 4.79 Å². The fraction of sp³-hybridized carbons (Fsp3) is 0.435. The third-order valence-electron chi connectivity index (χ3n) is 5.18. The highest BCUT2D eigenvalue weighted by Gasteiger charge is 2.41. The number of amides is 1. The first-order chi connectivity index (χ1) is 14.8. The van der Waals surface area contributed by atoms with E-state index in [4.69, 9.17) is 4.74 Å². The van der Waals surface area contributed by atoms with Crippen LogP contribution in [0, 0.1) is 11.7 Å². The number of hydrogen-bond donors (Lipinski definition) is 1. The van der Waals surface area contributed by atoms with Gasteiger partial charge in [-0.2, -0.15) is 0 Å². The molecule has 0 fully saturated rings. The maximum Gasteiger partial charge on any atom is 0.338 e. The van der Waals surface area contributed by atoms with Gasteiger partial charge in [0.25, 0.3) is 0 Å². The van der Waals surface area contributed by atoms with Crippen molar-refractivity contribution in [2.45, 2.75) is 46.1 Å². The average molecular weight is 446 g/mol. The van der Waals surface area contributed by atoms with Crippen molar-refractivity contribution in [2.24, 2.45) is 10.9 Å². The Kier molecular flexibility index (Phi) is 7.54. The Morgan fingerprint density at radius 3 is 2.77 bits per heavy atom. The van der Waals surface area contributed by atoms with Crippen molar-refractivity contribution in [3.63, 3.8) is 0 Å². The molecule has 2 aliphatic rings. The van der Waals surface area contributed by atoms with Crippen molar-refractivity contribution in [3.8, 4) is 0 Å². The third kappa shape index (κ3) is 5.18. The van der Waals surface area contributed by atoms with Gasteiger partial charge in [-0.25, -0.2) is 14.2 Å². The van der Waals surface area contributed by atoms with Crippen molar-refractivity contribution in [1.82, 2.24) is 10.2 Å². The van der Waals surface area contributed by atoms with Gasteiger partial charge >= 0.3 is 5.97 Å². The van der Waals surface area contributed by atoms with Crippen LogP contribution in [-0.4, -0.2) is 35.6 Å². The van der Waals surface area contributed by atoms with Crippen LogP contribution < -0.4 is 5.32 Å². The zero-order chi connectivity index (χ0) is 22.5. The highest BCUT2D eigenvalue weighted by molar-refractivity contribution is 8.16. The van der Waals surface area contributed by atoms with Gasteiger partial charge < -0.3 is 15.0 Å². The van der Waals surface area contributed by atoms with Gasteiger partial charge in [-0.15, -0.1) is 0 Å². The second-order valence-electron chi connectivity index (χ2n) is 7.86. The van der Waals surface area contributed by atoms with E-state index in [1.54, 1.807) is 12.1 Å². The number of nitrogens with one attached hydrogen (secondary N) is 1. The zero-order valence-electron chi connectivity index (χ0n) is 18.3. The molecule has 0 bridgehead atoms. The van der Waals surface area contributed by atoms with E-state index in [0.29, 0.717) is 40.9 Å². The Morgan fingerprint density at radius 1 is 1.35 bits per heavy atom. The normalized spacial score (nSPS) is 18.0. The third-order valence-corrected chi connectivity index (χ3v) is 6.07. The fourth-order valence-corrected chi connectivity index (χ4v) is 4.57. The highest BCUT2D eigenvalue weighted by atomic mass is 32.2. The average Bonchev–Trinajstić information content (AvgIpc) is 3.13. The molecule has 1 aromatic rings. The number of benzene rings is 1. The summed E-state index contributed by atoms with van der Waals surface area (Å²) < 4.78 is 19.2. The van der Waals surface area contributed by atoms with Crippen LogP contribution in [0.2, 0.25) is 0 Å². The number of aliphatic imine (C=N–C) groups is 1. The molecule has 0 aliphatic carbocycles. The van der Waals surface area contributed by atoms with Crippen LogP contribution in [0.1, 0.15) is 51.6 Å². The first-order valence-electron chi connectivity index (χ1n) is 10.4. The van der Waals surface area contributed by atoms with E-state index < -0.39 is 17.8 Å². The first kappa shape index (κ1) is 23.1. The summed E-state index contributed by atoms with van der Waals surface area (Å²) in [6, 6.07) is 5.54. The summed E-state index contributed by atoms with van der Waals surface area (Å²) in [6.45, 7) is 6.73. The molecule has 31 heavy (non-hydrogen) atoms. The molecule has 1 atom stereocenters. The van der Waals surface area contributed by atoms with Gasteiger partial charge in [0.2, 0.25) is 5.91 Å². The van der Waals surface area contributed by atoms with Gasteiger partial charge in [0, 0.05) is 12.2 Å². The van der Waals surface area contributed by atoms with Gasteiger partial charge in [0.15, 0.2) is 5.17 Å². The van der Waals surface area contributed by atoms with Crippen LogP contribution in [0.3, 0.4) is 0 Å². The predicted molar refractivity (Wildman–Crippen MR) is 121 cm³/mol. The van der Waals surface area contributed by atoms with Gasteiger partial charge in [0.1, 0.15) is 5.82 Å². The number of halogens is 1. The fourth-order valence-electron chi connectivity index (χ4n) is 3.63. The Balaban J connectivity index is 1.95. The van der Waals surface area contributed by atoms with Crippen LogP contribution in [0.15, 0.2) is 51.6 Å². The molecule has 0 saturated heterocycles. The van der Waals surface area contributed by atoms with E-state index in [2.05, 4.69) is 24.2 Å². The monoisotopic (exact) mass is 445 g/mol. The molecule has 3 rings (SSSR count). The van der Waals surface area contributed by atoms with Crippen molar-refractivity contribution in [1.29, 1.82) is 0 Å². The number of carbonyl (C=O) groups excluding carboxylic acids is 2. The summed E-state index contributed by atoms with van der Waals surface area (Å²) in [5.41, 5.74) is 2.30. The summed E-state index contributed by atoms with van der Waals surface area (Å²) in [6.07, 6.45) is 1.57. The summed E-state index contributed by atoms with van der Waals surface area (Å²) >= 11 is 1.40. The molecule has 0 spiro atoms. The van der Waals surface area contributed by atoms with Gasteiger partial charge in [0.05, 0.1) is 30.8 Å². The van der Waals surface area contributed by atoms with Crippen LogP contribution in [0.5, 0.6) is 0 Å². The lowest BCUT2D eigenvalue weighted by atomic mass is 9.93. The van der Waals surface area contributed by atoms with Gasteiger partial charge in [-0.05, 0) is 41.9 Å². The molecule has 0 aromatic heterocycles. The van der Waals surface area contributed by atoms with Gasteiger partial charge in [-0.1, -0.05) is 44.7 Å². The van der Waals surface area contributed by atoms with Crippen LogP contribution in [-0.2, 0) is 14.3 Å². The molecule has 2 heterocycles. The number of rotatable bonds is 8. The Hall–Kier alpha value is -2.61. The number of thioether (sulfide) groups is 1. The molecular weight excluding hydrogens is 417 g/mol. The minimum atomic E-state index is -0.615. The Labute approximate surface area is 186 Å². The van der Waals surface area contributed by atoms with E-state index in [1.807, 2.05) is 17.2 Å². The van der Waals surface area contributed by atoms with Crippen molar-refractivity contribution in [2.75, 3.05) is 13.7 Å². The topological polar surface area (TPSA) is 71.0 Å². The van der Waals surface area contributed by atoms with E-state index in [0.717, 1.165) is 12.1 Å². The lowest BCUT2D eigenvalue weighted by Gasteiger charge is -2.36.